The Labute approximate surface area is 121 Å². The summed E-state index contributed by atoms with van der Waals surface area (Å²) in [5.74, 6) is -1.11. The average Bonchev–Trinajstić information content (AvgIpc) is 2.33. The van der Waals surface area contributed by atoms with Gasteiger partial charge >= 0.3 is 12.1 Å². The van der Waals surface area contributed by atoms with Crippen LogP contribution in [0.15, 0.2) is 30.3 Å². The van der Waals surface area contributed by atoms with Crippen LogP contribution in [0.4, 0.5) is 13.2 Å². The molecule has 0 unspecified atom stereocenters. The second-order valence-electron chi connectivity index (χ2n) is 6.35. The lowest BCUT2D eigenvalue weighted by Crippen LogP contribution is -2.61. The highest BCUT2D eigenvalue weighted by atomic mass is 19.4. The highest BCUT2D eigenvalue weighted by Gasteiger charge is 2.73. The van der Waals surface area contributed by atoms with Crippen molar-refractivity contribution in [3.63, 3.8) is 0 Å². The van der Waals surface area contributed by atoms with Crippen molar-refractivity contribution in [2.24, 2.45) is 10.8 Å². The minimum absolute atomic E-state index is 0.100. The molecule has 0 amide bonds. The molecular weight excluding hydrogens is 281 g/mol. The summed E-state index contributed by atoms with van der Waals surface area (Å²) >= 11 is 0. The number of hydrogen-bond acceptors (Lipinski definition) is 2. The van der Waals surface area contributed by atoms with Crippen LogP contribution in [0.1, 0.15) is 37.7 Å². The smallest absolute Gasteiger partial charge is 0.404 e. The van der Waals surface area contributed by atoms with Crippen molar-refractivity contribution in [1.29, 1.82) is 0 Å². The summed E-state index contributed by atoms with van der Waals surface area (Å²) in [5.41, 5.74) is -1.83. The average molecular weight is 298 g/mol. The first-order valence-electron chi connectivity index (χ1n) is 7.15. The molecule has 0 aromatic heterocycles. The van der Waals surface area contributed by atoms with E-state index in [1.165, 1.54) is 0 Å². The Morgan fingerprint density at radius 2 is 1.76 bits per heavy atom. The van der Waals surface area contributed by atoms with Crippen LogP contribution in [0.25, 0.3) is 0 Å². The van der Waals surface area contributed by atoms with Gasteiger partial charge in [-0.25, -0.2) is 0 Å². The van der Waals surface area contributed by atoms with Crippen LogP contribution in [-0.2, 0) is 16.1 Å². The number of ether oxygens (including phenoxy) is 1. The van der Waals surface area contributed by atoms with Gasteiger partial charge in [-0.15, -0.1) is 0 Å². The van der Waals surface area contributed by atoms with E-state index in [0.717, 1.165) is 19.3 Å². The summed E-state index contributed by atoms with van der Waals surface area (Å²) in [6.07, 6.45) is -2.16. The maximum atomic E-state index is 13.3. The van der Waals surface area contributed by atoms with Gasteiger partial charge in [0.2, 0.25) is 0 Å². The molecule has 0 bridgehead atoms. The van der Waals surface area contributed by atoms with Crippen molar-refractivity contribution in [1.82, 2.24) is 0 Å². The summed E-state index contributed by atoms with van der Waals surface area (Å²) in [4.78, 5) is 12.1. The van der Waals surface area contributed by atoms with Crippen LogP contribution >= 0.6 is 0 Å². The largest absolute Gasteiger partial charge is 0.460 e. The molecule has 1 aromatic rings. The minimum Gasteiger partial charge on any atom is -0.460 e. The lowest BCUT2D eigenvalue weighted by atomic mass is 9.45. The Morgan fingerprint density at radius 3 is 2.24 bits per heavy atom. The fourth-order valence-electron chi connectivity index (χ4n) is 3.58. The van der Waals surface area contributed by atoms with Gasteiger partial charge in [-0.1, -0.05) is 36.8 Å². The second kappa shape index (κ2) is 4.75. The molecule has 0 N–H and O–H groups in total. The highest BCUT2D eigenvalue weighted by molar-refractivity contribution is 5.79. The predicted octanol–water partition coefficient (Wildman–Crippen LogP) is 4.24. The molecule has 1 aromatic carbocycles. The van der Waals surface area contributed by atoms with E-state index < -0.39 is 17.6 Å². The Balaban J connectivity index is 1.68. The van der Waals surface area contributed by atoms with Crippen LogP contribution in [0.2, 0.25) is 0 Å². The van der Waals surface area contributed by atoms with Gasteiger partial charge in [0.25, 0.3) is 0 Å². The molecule has 2 fully saturated rings. The maximum absolute atomic E-state index is 13.3. The number of carbonyl (C=O) groups is 1. The van der Waals surface area contributed by atoms with E-state index in [1.807, 2.05) is 0 Å². The van der Waals surface area contributed by atoms with Gasteiger partial charge in [-0.3, -0.25) is 4.79 Å². The summed E-state index contributed by atoms with van der Waals surface area (Å²) < 4.78 is 45.0. The molecule has 21 heavy (non-hydrogen) atoms. The van der Waals surface area contributed by atoms with E-state index in [1.54, 1.807) is 30.3 Å². The molecule has 0 heterocycles. The molecule has 3 rings (SSSR count). The van der Waals surface area contributed by atoms with Gasteiger partial charge in [0, 0.05) is 0 Å². The first-order valence-corrected chi connectivity index (χ1v) is 7.15. The molecule has 114 valence electrons. The number of hydrogen-bond donors (Lipinski definition) is 0. The molecule has 1 spiro atoms. The first-order chi connectivity index (χ1) is 9.87. The number of rotatable bonds is 3. The van der Waals surface area contributed by atoms with Gasteiger partial charge in [-0.2, -0.15) is 13.2 Å². The Morgan fingerprint density at radius 1 is 1.14 bits per heavy atom. The highest BCUT2D eigenvalue weighted by Crippen LogP contribution is 2.69. The van der Waals surface area contributed by atoms with Crippen molar-refractivity contribution >= 4 is 5.97 Å². The van der Waals surface area contributed by atoms with Crippen LogP contribution in [0, 0.1) is 10.8 Å². The van der Waals surface area contributed by atoms with Crippen molar-refractivity contribution in [3.8, 4) is 0 Å². The van der Waals surface area contributed by atoms with E-state index in [4.69, 9.17) is 4.74 Å². The maximum Gasteiger partial charge on any atom is 0.404 e. The number of benzene rings is 1. The molecule has 2 nitrogen and oxygen atoms in total. The Kier molecular flexibility index (Phi) is 3.26. The zero-order valence-corrected chi connectivity index (χ0v) is 11.6. The zero-order valence-electron chi connectivity index (χ0n) is 11.6. The third-order valence-electron chi connectivity index (χ3n) is 4.91. The minimum atomic E-state index is -4.53. The van der Waals surface area contributed by atoms with Crippen LogP contribution in [0.5, 0.6) is 0 Å². The van der Waals surface area contributed by atoms with E-state index in [9.17, 15) is 18.0 Å². The normalized spacial score (nSPS) is 22.2. The molecule has 2 aliphatic rings. The summed E-state index contributed by atoms with van der Waals surface area (Å²) in [6.45, 7) is -0.107. The Bertz CT molecular complexity index is 524. The predicted molar refractivity (Wildman–Crippen MR) is 70.2 cm³/mol. The van der Waals surface area contributed by atoms with E-state index >= 15 is 0 Å². The summed E-state index contributed by atoms with van der Waals surface area (Å²) in [5, 5.41) is 0. The van der Waals surface area contributed by atoms with Crippen molar-refractivity contribution in [2.45, 2.75) is 44.9 Å². The van der Waals surface area contributed by atoms with E-state index in [-0.39, 0.29) is 24.9 Å². The molecule has 2 saturated carbocycles. The number of esters is 1. The number of carbonyl (C=O) groups excluding carboxylic acids is 1. The van der Waals surface area contributed by atoms with Gasteiger partial charge in [-0.05, 0) is 36.7 Å². The molecule has 0 saturated heterocycles. The van der Waals surface area contributed by atoms with Crippen molar-refractivity contribution in [2.75, 3.05) is 0 Å². The van der Waals surface area contributed by atoms with Gasteiger partial charge in [0.1, 0.15) is 6.61 Å². The Hall–Kier alpha value is -1.52. The SMILES string of the molecule is O=C(OCc1ccccc1)C1(C(F)(F)F)CC2(CCC2)C1. The van der Waals surface area contributed by atoms with Crippen LogP contribution in [0.3, 0.4) is 0 Å². The molecular formula is C16H17F3O2. The number of alkyl halides is 3. The van der Waals surface area contributed by atoms with Crippen molar-refractivity contribution in [3.05, 3.63) is 35.9 Å². The quantitative estimate of drug-likeness (QED) is 0.780. The van der Waals surface area contributed by atoms with Gasteiger partial charge < -0.3 is 4.74 Å². The number of halogens is 3. The topological polar surface area (TPSA) is 26.3 Å². The van der Waals surface area contributed by atoms with Crippen molar-refractivity contribution < 1.29 is 22.7 Å². The lowest BCUT2D eigenvalue weighted by molar-refractivity contribution is -0.291. The molecule has 0 radical (unpaired) electrons. The van der Waals surface area contributed by atoms with E-state index in [2.05, 4.69) is 0 Å². The monoisotopic (exact) mass is 298 g/mol. The second-order valence-corrected chi connectivity index (χ2v) is 6.35. The third kappa shape index (κ3) is 2.32. The lowest BCUT2D eigenvalue weighted by Gasteiger charge is -2.59. The fourth-order valence-corrected chi connectivity index (χ4v) is 3.58. The van der Waals surface area contributed by atoms with Crippen LogP contribution < -0.4 is 0 Å². The third-order valence-corrected chi connectivity index (χ3v) is 4.91. The molecule has 0 aliphatic heterocycles. The molecule has 2 aliphatic carbocycles. The molecule has 0 atom stereocenters. The van der Waals surface area contributed by atoms with Gasteiger partial charge in [0.05, 0.1) is 0 Å². The summed E-state index contributed by atoms with van der Waals surface area (Å²) in [6, 6.07) is 8.77. The van der Waals surface area contributed by atoms with Crippen LogP contribution in [-0.4, -0.2) is 12.1 Å². The fraction of sp³-hybridized carbons (Fsp3) is 0.562. The first kappa shape index (κ1) is 14.4. The molecule has 5 heteroatoms. The zero-order chi connectivity index (χ0) is 15.1. The standard InChI is InChI=1S/C16H17F3O2/c17-16(18,19)15(10-14(11-15)7-4-8-14)13(20)21-9-12-5-2-1-3-6-12/h1-3,5-6H,4,7-11H2. The summed E-state index contributed by atoms with van der Waals surface area (Å²) in [7, 11) is 0. The van der Waals surface area contributed by atoms with E-state index in [0.29, 0.717) is 5.56 Å². The van der Waals surface area contributed by atoms with Gasteiger partial charge in [0.15, 0.2) is 5.41 Å².